The molecule has 2 aromatic carbocycles. The van der Waals surface area contributed by atoms with Gasteiger partial charge in [-0.2, -0.15) is 0 Å². The smallest absolute Gasteiger partial charge is 0.279 e. The van der Waals surface area contributed by atoms with Gasteiger partial charge in [-0.15, -0.1) is 0 Å². The second-order valence-corrected chi connectivity index (χ2v) is 4.72. The summed E-state index contributed by atoms with van der Waals surface area (Å²) in [5, 5.41) is 0.452. The second-order valence-electron chi connectivity index (χ2n) is 4.72. The largest absolute Gasteiger partial charge is 0.494 e. The third-order valence-electron chi connectivity index (χ3n) is 3.39. The fraction of sp³-hybridized carbons (Fsp3) is 0.125. The Morgan fingerprint density at radius 1 is 1.14 bits per heavy atom. The minimum absolute atomic E-state index is 0.273. The first-order valence-electron chi connectivity index (χ1n) is 6.58. The highest BCUT2D eigenvalue weighted by Crippen LogP contribution is 2.21. The molecule has 21 heavy (non-hydrogen) atoms. The molecule has 3 rings (SSSR count). The number of rotatable bonds is 3. The molecule has 0 amide bonds. The van der Waals surface area contributed by atoms with Crippen molar-refractivity contribution in [1.82, 2.24) is 9.66 Å². The van der Waals surface area contributed by atoms with Gasteiger partial charge in [0.1, 0.15) is 17.1 Å². The predicted octanol–water partition coefficient (Wildman–Crippen LogP) is 1.71. The van der Waals surface area contributed by atoms with Gasteiger partial charge in [-0.3, -0.25) is 4.79 Å². The van der Waals surface area contributed by atoms with Gasteiger partial charge < -0.3 is 10.6 Å². The average Bonchev–Trinajstić information content (AvgIpc) is 2.53. The second kappa shape index (κ2) is 5.28. The number of benzene rings is 2. The monoisotopic (exact) mass is 281 g/mol. The van der Waals surface area contributed by atoms with Crippen LogP contribution in [0.3, 0.4) is 0 Å². The first kappa shape index (κ1) is 13.2. The Labute approximate surface area is 121 Å². The fourth-order valence-electron chi connectivity index (χ4n) is 2.31. The van der Waals surface area contributed by atoms with Crippen LogP contribution in [0.25, 0.3) is 10.9 Å². The molecule has 0 bridgehead atoms. The van der Waals surface area contributed by atoms with Crippen molar-refractivity contribution >= 4 is 10.9 Å². The SMILES string of the molecule is COc1cccc2c(=O)n(N)c(Cc3ccccc3)nc12. The minimum Gasteiger partial charge on any atom is -0.494 e. The summed E-state index contributed by atoms with van der Waals surface area (Å²) in [4.78, 5) is 16.9. The first-order valence-corrected chi connectivity index (χ1v) is 6.58. The summed E-state index contributed by atoms with van der Waals surface area (Å²) in [7, 11) is 1.56. The maximum Gasteiger partial charge on any atom is 0.279 e. The molecule has 0 aliphatic carbocycles. The van der Waals surface area contributed by atoms with Crippen molar-refractivity contribution in [3.63, 3.8) is 0 Å². The number of aromatic nitrogens is 2. The molecular formula is C16H15N3O2. The van der Waals surface area contributed by atoms with E-state index in [1.54, 1.807) is 25.3 Å². The Kier molecular flexibility index (Phi) is 3.31. The molecule has 0 saturated heterocycles. The Balaban J connectivity index is 2.19. The predicted molar refractivity (Wildman–Crippen MR) is 82.0 cm³/mol. The van der Waals surface area contributed by atoms with Crippen LogP contribution in [0.4, 0.5) is 0 Å². The Morgan fingerprint density at radius 2 is 1.90 bits per heavy atom. The van der Waals surface area contributed by atoms with E-state index < -0.39 is 0 Å². The number of para-hydroxylation sites is 1. The van der Waals surface area contributed by atoms with E-state index >= 15 is 0 Å². The van der Waals surface area contributed by atoms with Gasteiger partial charge >= 0.3 is 0 Å². The lowest BCUT2D eigenvalue weighted by molar-refractivity contribution is 0.418. The molecular weight excluding hydrogens is 266 g/mol. The molecule has 0 aliphatic rings. The maximum absolute atomic E-state index is 12.3. The number of hydrogen-bond donors (Lipinski definition) is 1. The van der Waals surface area contributed by atoms with E-state index in [0.29, 0.717) is 28.9 Å². The van der Waals surface area contributed by atoms with Crippen LogP contribution in [0.5, 0.6) is 5.75 Å². The molecule has 0 atom stereocenters. The van der Waals surface area contributed by atoms with Crippen LogP contribution < -0.4 is 16.1 Å². The standard InChI is InChI=1S/C16H15N3O2/c1-21-13-9-5-8-12-15(13)18-14(19(17)16(12)20)10-11-6-3-2-4-7-11/h2-9H,10,17H2,1H3. The van der Waals surface area contributed by atoms with Gasteiger partial charge in [0.05, 0.1) is 12.5 Å². The van der Waals surface area contributed by atoms with E-state index in [4.69, 9.17) is 10.6 Å². The molecule has 0 radical (unpaired) electrons. The number of nitrogens with two attached hydrogens (primary N) is 1. The number of fused-ring (bicyclic) bond motifs is 1. The lowest BCUT2D eigenvalue weighted by atomic mass is 10.1. The molecule has 0 fully saturated rings. The van der Waals surface area contributed by atoms with Crippen LogP contribution in [0.15, 0.2) is 53.3 Å². The number of methoxy groups -OCH3 is 1. The lowest BCUT2D eigenvalue weighted by Gasteiger charge is -2.10. The normalized spacial score (nSPS) is 10.7. The summed E-state index contributed by atoms with van der Waals surface area (Å²) in [6.07, 6.45) is 0.487. The highest BCUT2D eigenvalue weighted by atomic mass is 16.5. The molecule has 1 aromatic heterocycles. The first-order chi connectivity index (χ1) is 10.2. The van der Waals surface area contributed by atoms with Gasteiger partial charge in [-0.05, 0) is 17.7 Å². The summed E-state index contributed by atoms with van der Waals surface area (Å²) in [6.45, 7) is 0. The zero-order valence-electron chi connectivity index (χ0n) is 11.6. The summed E-state index contributed by atoms with van der Waals surface area (Å²) in [5.41, 5.74) is 1.31. The van der Waals surface area contributed by atoms with E-state index in [2.05, 4.69) is 4.98 Å². The van der Waals surface area contributed by atoms with Crippen LogP contribution in [0.2, 0.25) is 0 Å². The third kappa shape index (κ3) is 2.33. The number of hydrogen-bond acceptors (Lipinski definition) is 4. The summed E-state index contributed by atoms with van der Waals surface area (Å²) in [5.74, 6) is 6.96. The van der Waals surface area contributed by atoms with E-state index in [-0.39, 0.29) is 5.56 Å². The highest BCUT2D eigenvalue weighted by molar-refractivity contribution is 5.83. The molecule has 2 N–H and O–H groups in total. The van der Waals surface area contributed by atoms with E-state index in [1.807, 2.05) is 30.3 Å². The highest BCUT2D eigenvalue weighted by Gasteiger charge is 2.12. The van der Waals surface area contributed by atoms with E-state index in [1.165, 1.54) is 0 Å². The van der Waals surface area contributed by atoms with Gasteiger partial charge in [-0.1, -0.05) is 36.4 Å². The molecule has 0 saturated carbocycles. The quantitative estimate of drug-likeness (QED) is 0.742. The average molecular weight is 281 g/mol. The van der Waals surface area contributed by atoms with Crippen molar-refractivity contribution in [2.24, 2.45) is 0 Å². The fourth-order valence-corrected chi connectivity index (χ4v) is 2.31. The van der Waals surface area contributed by atoms with Gasteiger partial charge in [0, 0.05) is 6.42 Å². The molecule has 106 valence electrons. The van der Waals surface area contributed by atoms with E-state index in [9.17, 15) is 4.79 Å². The molecule has 1 heterocycles. The Hall–Kier alpha value is -2.82. The van der Waals surface area contributed by atoms with Gasteiger partial charge in [-0.25, -0.2) is 9.66 Å². The van der Waals surface area contributed by atoms with Gasteiger partial charge in [0.25, 0.3) is 5.56 Å². The van der Waals surface area contributed by atoms with Crippen LogP contribution in [0.1, 0.15) is 11.4 Å². The summed E-state index contributed by atoms with van der Waals surface area (Å²) in [6, 6.07) is 15.0. The lowest BCUT2D eigenvalue weighted by Crippen LogP contribution is -2.31. The number of ether oxygens (including phenoxy) is 1. The molecule has 5 heteroatoms. The van der Waals surface area contributed by atoms with Gasteiger partial charge in [0.15, 0.2) is 0 Å². The molecule has 0 unspecified atom stereocenters. The zero-order chi connectivity index (χ0) is 14.8. The van der Waals surface area contributed by atoms with Crippen molar-refractivity contribution < 1.29 is 4.74 Å². The Bertz CT molecular complexity index is 841. The van der Waals surface area contributed by atoms with Crippen LogP contribution >= 0.6 is 0 Å². The molecule has 5 nitrogen and oxygen atoms in total. The Morgan fingerprint density at radius 3 is 2.62 bits per heavy atom. The van der Waals surface area contributed by atoms with Crippen molar-refractivity contribution in [2.75, 3.05) is 13.0 Å². The third-order valence-corrected chi connectivity index (χ3v) is 3.39. The van der Waals surface area contributed by atoms with Crippen LogP contribution in [-0.2, 0) is 6.42 Å². The van der Waals surface area contributed by atoms with Crippen molar-refractivity contribution in [2.45, 2.75) is 6.42 Å². The zero-order valence-corrected chi connectivity index (χ0v) is 11.6. The van der Waals surface area contributed by atoms with Crippen LogP contribution in [0, 0.1) is 0 Å². The van der Waals surface area contributed by atoms with Crippen molar-refractivity contribution in [1.29, 1.82) is 0 Å². The van der Waals surface area contributed by atoms with Crippen molar-refractivity contribution in [3.8, 4) is 5.75 Å². The minimum atomic E-state index is -0.273. The summed E-state index contributed by atoms with van der Waals surface area (Å²) < 4.78 is 6.38. The number of nitrogen functional groups attached to an aromatic ring is 1. The molecule has 0 aliphatic heterocycles. The van der Waals surface area contributed by atoms with Crippen molar-refractivity contribution in [3.05, 3.63) is 70.3 Å². The topological polar surface area (TPSA) is 70.1 Å². The van der Waals surface area contributed by atoms with E-state index in [0.717, 1.165) is 10.2 Å². The van der Waals surface area contributed by atoms with Gasteiger partial charge in [0.2, 0.25) is 0 Å². The number of nitrogens with zero attached hydrogens (tertiary/aromatic N) is 2. The molecule has 0 spiro atoms. The summed E-state index contributed by atoms with van der Waals surface area (Å²) >= 11 is 0. The maximum atomic E-state index is 12.3. The van der Waals surface area contributed by atoms with Crippen LogP contribution in [-0.4, -0.2) is 16.8 Å². The molecule has 3 aromatic rings.